The van der Waals surface area contributed by atoms with E-state index in [2.05, 4.69) is 58.5 Å². The van der Waals surface area contributed by atoms with Gasteiger partial charge in [-0.3, -0.25) is 0 Å². The molecule has 1 N–H and O–H groups in total. The molecule has 3 heterocycles. The normalized spacial score (nSPS) is 14.7. The molecule has 0 radical (unpaired) electrons. The summed E-state index contributed by atoms with van der Waals surface area (Å²) in [4.78, 5) is 14.2. The molecule has 8 heteroatoms. The van der Waals surface area contributed by atoms with E-state index in [-0.39, 0.29) is 6.04 Å². The first-order valence-corrected chi connectivity index (χ1v) is 12.6. The van der Waals surface area contributed by atoms with E-state index in [1.54, 1.807) is 25.6 Å². The quantitative estimate of drug-likeness (QED) is 0.357. The van der Waals surface area contributed by atoms with Crippen LogP contribution in [0.25, 0.3) is 21.3 Å². The Morgan fingerprint density at radius 1 is 1.00 bits per heavy atom. The van der Waals surface area contributed by atoms with Gasteiger partial charge >= 0.3 is 0 Å². The van der Waals surface area contributed by atoms with Crippen molar-refractivity contribution in [2.75, 3.05) is 50.7 Å². The van der Waals surface area contributed by atoms with E-state index in [1.165, 1.54) is 21.0 Å². The van der Waals surface area contributed by atoms with Crippen molar-refractivity contribution in [3.05, 3.63) is 59.2 Å². The van der Waals surface area contributed by atoms with Gasteiger partial charge in [-0.2, -0.15) is 0 Å². The predicted molar refractivity (Wildman–Crippen MR) is 142 cm³/mol. The van der Waals surface area contributed by atoms with E-state index < -0.39 is 0 Å². The van der Waals surface area contributed by atoms with Gasteiger partial charge in [-0.15, -0.1) is 11.3 Å². The number of nitrogens with zero attached hydrogens (tertiary/aromatic N) is 3. The third kappa shape index (κ3) is 4.90. The third-order valence-corrected chi connectivity index (χ3v) is 7.54. The maximum atomic E-state index is 5.51. The zero-order valence-corrected chi connectivity index (χ0v) is 21.3. The van der Waals surface area contributed by atoms with Crippen LogP contribution in [0.3, 0.4) is 0 Å². The molecule has 0 amide bonds. The number of hydrogen-bond donors (Lipinski definition) is 1. The van der Waals surface area contributed by atoms with Crippen LogP contribution in [-0.2, 0) is 4.74 Å². The Labute approximate surface area is 209 Å². The fourth-order valence-corrected chi connectivity index (χ4v) is 5.38. The molecule has 0 aliphatic carbocycles. The number of ether oxygens (including phenoxy) is 3. The molecule has 2 aromatic carbocycles. The standard InChI is InChI=1S/C27H30N4O3S/c1-17(28-27-21-15-23(32-3)24(33-4)16-22(21)29-18(2)30-27)25-8-9-26(35-25)19-6-5-7-20(14-19)31-10-12-34-13-11-31/h5-9,14-17H,10-13H2,1-4H3,(H,28,29,30)/t17-/m0/s1. The number of morpholine rings is 1. The highest BCUT2D eigenvalue weighted by Crippen LogP contribution is 2.37. The van der Waals surface area contributed by atoms with Gasteiger partial charge in [0, 0.05) is 40.0 Å². The minimum atomic E-state index is 0.0711. The third-order valence-electron chi connectivity index (χ3n) is 6.23. The summed E-state index contributed by atoms with van der Waals surface area (Å²) >= 11 is 1.80. The van der Waals surface area contributed by atoms with Crippen LogP contribution in [0.5, 0.6) is 11.5 Å². The molecular formula is C27H30N4O3S. The summed E-state index contributed by atoms with van der Waals surface area (Å²) in [5.74, 6) is 2.79. The van der Waals surface area contributed by atoms with Gasteiger partial charge in [0.1, 0.15) is 11.6 Å². The molecule has 7 nitrogen and oxygen atoms in total. The molecule has 0 saturated carbocycles. The molecule has 1 aliphatic heterocycles. The molecule has 1 saturated heterocycles. The van der Waals surface area contributed by atoms with Crippen molar-refractivity contribution in [3.8, 4) is 21.9 Å². The fourth-order valence-electron chi connectivity index (χ4n) is 4.38. The summed E-state index contributed by atoms with van der Waals surface area (Å²) in [5, 5.41) is 4.50. The minimum Gasteiger partial charge on any atom is -0.493 e. The molecule has 35 heavy (non-hydrogen) atoms. The Hall–Kier alpha value is -3.36. The molecule has 1 atom stereocenters. The molecule has 1 fully saturated rings. The number of methoxy groups -OCH3 is 2. The number of aryl methyl sites for hydroxylation is 1. The number of anilines is 2. The highest BCUT2D eigenvalue weighted by Gasteiger charge is 2.17. The Bertz CT molecular complexity index is 1330. The lowest BCUT2D eigenvalue weighted by Gasteiger charge is -2.29. The second-order valence-corrected chi connectivity index (χ2v) is 9.68. The van der Waals surface area contributed by atoms with Crippen LogP contribution < -0.4 is 19.7 Å². The van der Waals surface area contributed by atoms with Gasteiger partial charge < -0.3 is 24.4 Å². The van der Waals surface area contributed by atoms with Crippen LogP contribution in [0.1, 0.15) is 23.7 Å². The predicted octanol–water partition coefficient (Wildman–Crippen LogP) is 5.69. The van der Waals surface area contributed by atoms with Crippen molar-refractivity contribution in [2.24, 2.45) is 0 Å². The smallest absolute Gasteiger partial charge is 0.162 e. The van der Waals surface area contributed by atoms with E-state index >= 15 is 0 Å². The van der Waals surface area contributed by atoms with Crippen LogP contribution in [0.2, 0.25) is 0 Å². The molecule has 5 rings (SSSR count). The largest absolute Gasteiger partial charge is 0.493 e. The molecule has 1 aliphatic rings. The topological polar surface area (TPSA) is 68.7 Å². The molecular weight excluding hydrogens is 460 g/mol. The van der Waals surface area contributed by atoms with Crippen LogP contribution in [0, 0.1) is 6.92 Å². The van der Waals surface area contributed by atoms with E-state index in [1.807, 2.05) is 19.1 Å². The lowest BCUT2D eigenvalue weighted by Crippen LogP contribution is -2.36. The monoisotopic (exact) mass is 490 g/mol. The summed E-state index contributed by atoms with van der Waals surface area (Å²) in [5.41, 5.74) is 3.30. The van der Waals surface area contributed by atoms with Crippen molar-refractivity contribution in [1.82, 2.24) is 9.97 Å². The van der Waals surface area contributed by atoms with Crippen LogP contribution in [-0.4, -0.2) is 50.5 Å². The number of nitrogens with one attached hydrogen (secondary N) is 1. The summed E-state index contributed by atoms with van der Waals surface area (Å²) < 4.78 is 16.5. The van der Waals surface area contributed by atoms with E-state index in [9.17, 15) is 0 Å². The molecule has 2 aromatic heterocycles. The summed E-state index contributed by atoms with van der Waals surface area (Å²) in [6.45, 7) is 7.49. The van der Waals surface area contributed by atoms with Crippen molar-refractivity contribution in [1.29, 1.82) is 0 Å². The maximum absolute atomic E-state index is 5.51. The average Bonchev–Trinajstić information content (AvgIpc) is 3.39. The highest BCUT2D eigenvalue weighted by molar-refractivity contribution is 7.15. The SMILES string of the molecule is COc1cc2nc(C)nc(N[C@@H](C)c3ccc(-c4cccc(N5CCOCC5)c4)s3)c2cc1OC. The first-order chi connectivity index (χ1) is 17.1. The summed E-state index contributed by atoms with van der Waals surface area (Å²) in [6.07, 6.45) is 0. The van der Waals surface area contributed by atoms with Gasteiger partial charge in [0.05, 0.1) is 39.0 Å². The molecule has 4 aromatic rings. The van der Waals surface area contributed by atoms with Crippen molar-refractivity contribution < 1.29 is 14.2 Å². The highest BCUT2D eigenvalue weighted by atomic mass is 32.1. The molecule has 0 spiro atoms. The lowest BCUT2D eigenvalue weighted by molar-refractivity contribution is 0.122. The number of thiophene rings is 1. The first-order valence-electron chi connectivity index (χ1n) is 11.8. The van der Waals surface area contributed by atoms with Gasteiger partial charge in [0.25, 0.3) is 0 Å². The van der Waals surface area contributed by atoms with Crippen molar-refractivity contribution in [3.63, 3.8) is 0 Å². The van der Waals surface area contributed by atoms with E-state index in [0.717, 1.165) is 43.0 Å². The van der Waals surface area contributed by atoms with Crippen molar-refractivity contribution in [2.45, 2.75) is 19.9 Å². The summed E-state index contributed by atoms with van der Waals surface area (Å²) in [7, 11) is 3.26. The lowest BCUT2D eigenvalue weighted by atomic mass is 10.1. The van der Waals surface area contributed by atoms with E-state index in [0.29, 0.717) is 17.3 Å². The van der Waals surface area contributed by atoms with Crippen LogP contribution in [0.15, 0.2) is 48.5 Å². The van der Waals surface area contributed by atoms with Crippen LogP contribution in [0.4, 0.5) is 11.5 Å². The molecule has 0 unspecified atom stereocenters. The summed E-state index contributed by atoms with van der Waals surface area (Å²) in [6, 6.07) is 17.1. The number of benzene rings is 2. The second-order valence-electron chi connectivity index (χ2n) is 8.56. The number of aromatic nitrogens is 2. The number of hydrogen-bond acceptors (Lipinski definition) is 8. The fraction of sp³-hybridized carbons (Fsp3) is 0.333. The van der Waals surface area contributed by atoms with Crippen molar-refractivity contribution >= 4 is 33.7 Å². The average molecular weight is 491 g/mol. The number of rotatable bonds is 7. The Morgan fingerprint density at radius 3 is 2.54 bits per heavy atom. The first kappa shape index (κ1) is 23.4. The van der Waals surface area contributed by atoms with Gasteiger partial charge in [0.15, 0.2) is 11.5 Å². The maximum Gasteiger partial charge on any atom is 0.162 e. The molecule has 0 bridgehead atoms. The van der Waals surface area contributed by atoms with Gasteiger partial charge in [0.2, 0.25) is 0 Å². The molecule has 182 valence electrons. The van der Waals surface area contributed by atoms with Gasteiger partial charge in [-0.05, 0) is 49.7 Å². The van der Waals surface area contributed by atoms with Gasteiger partial charge in [-0.25, -0.2) is 9.97 Å². The number of fused-ring (bicyclic) bond motifs is 1. The van der Waals surface area contributed by atoms with E-state index in [4.69, 9.17) is 19.2 Å². The Balaban J connectivity index is 1.40. The Morgan fingerprint density at radius 2 is 1.77 bits per heavy atom. The van der Waals surface area contributed by atoms with Crippen LogP contribution >= 0.6 is 11.3 Å². The minimum absolute atomic E-state index is 0.0711. The zero-order chi connectivity index (χ0) is 24.4. The zero-order valence-electron chi connectivity index (χ0n) is 20.5. The van der Waals surface area contributed by atoms with Gasteiger partial charge in [-0.1, -0.05) is 12.1 Å². The second kappa shape index (κ2) is 10.1. The Kier molecular flexibility index (Phi) is 6.74.